The van der Waals surface area contributed by atoms with Crippen LogP contribution in [-0.4, -0.2) is 72.5 Å². The fourth-order valence-corrected chi connectivity index (χ4v) is 7.18. The van der Waals surface area contributed by atoms with E-state index in [0.29, 0.717) is 54.3 Å². The minimum atomic E-state index is -4.25. The van der Waals surface area contributed by atoms with Gasteiger partial charge < -0.3 is 20.1 Å². The van der Waals surface area contributed by atoms with Crippen molar-refractivity contribution in [3.63, 3.8) is 0 Å². The van der Waals surface area contributed by atoms with Gasteiger partial charge in [0.1, 0.15) is 5.75 Å². The van der Waals surface area contributed by atoms with Crippen LogP contribution in [-0.2, 0) is 14.8 Å². The zero-order chi connectivity index (χ0) is 30.5. The monoisotopic (exact) mass is 624 g/mol. The molecule has 1 fully saturated rings. The first-order valence-corrected chi connectivity index (χ1v) is 15.8. The Morgan fingerprint density at radius 1 is 0.953 bits per heavy atom. The Morgan fingerprint density at radius 2 is 1.56 bits per heavy atom. The van der Waals surface area contributed by atoms with Crippen LogP contribution in [0.25, 0.3) is 11.0 Å². The van der Waals surface area contributed by atoms with Crippen molar-refractivity contribution >= 4 is 55.9 Å². The number of alkyl halides is 1. The van der Waals surface area contributed by atoms with E-state index in [2.05, 4.69) is 25.3 Å². The zero-order valence-electron chi connectivity index (χ0n) is 23.8. The quantitative estimate of drug-likeness (QED) is 0.205. The highest BCUT2D eigenvalue weighted by molar-refractivity contribution is 7.93. The maximum absolute atomic E-state index is 14.4. The molecule has 1 aliphatic heterocycles. The van der Waals surface area contributed by atoms with Gasteiger partial charge in [0.2, 0.25) is 0 Å². The molecule has 13 heteroatoms. The third-order valence-electron chi connectivity index (χ3n) is 6.92. The molecule has 1 aromatic heterocycles. The smallest absolute Gasteiger partial charge is 0.252 e. The molecule has 1 aliphatic rings. The van der Waals surface area contributed by atoms with Crippen LogP contribution in [0.5, 0.6) is 5.75 Å². The normalized spacial score (nSPS) is 15.0. The van der Waals surface area contributed by atoms with Crippen LogP contribution in [0.4, 0.5) is 17.3 Å². The molecule has 0 aliphatic carbocycles. The number of anilines is 3. The van der Waals surface area contributed by atoms with E-state index in [9.17, 15) is 13.2 Å². The third kappa shape index (κ3) is 7.16. The third-order valence-corrected chi connectivity index (χ3v) is 8.98. The molecule has 1 amide bonds. The van der Waals surface area contributed by atoms with Crippen LogP contribution in [0.2, 0.25) is 0 Å². The molecular formula is C30H33ClN6O5S. The number of carbonyl (C=O) groups excluding carboxylic acids is 1. The van der Waals surface area contributed by atoms with Gasteiger partial charge in [0.25, 0.3) is 15.9 Å². The van der Waals surface area contributed by atoms with Gasteiger partial charge in [-0.1, -0.05) is 54.1 Å². The van der Waals surface area contributed by atoms with Gasteiger partial charge in [0, 0.05) is 18.7 Å². The highest BCUT2D eigenvalue weighted by Crippen LogP contribution is 2.33. The van der Waals surface area contributed by atoms with Crippen molar-refractivity contribution in [1.82, 2.24) is 20.2 Å². The molecule has 0 saturated carbocycles. The maximum Gasteiger partial charge on any atom is 0.252 e. The number of para-hydroxylation sites is 4. The lowest BCUT2D eigenvalue weighted by molar-refractivity contribution is 0.0170. The first-order chi connectivity index (χ1) is 20.7. The van der Waals surface area contributed by atoms with Crippen molar-refractivity contribution in [2.75, 3.05) is 42.4 Å². The number of ether oxygens (including phenoxy) is 2. The molecule has 1 saturated heterocycles. The molecule has 226 valence electrons. The summed E-state index contributed by atoms with van der Waals surface area (Å²) in [6.07, 6.45) is 0. The average molecular weight is 625 g/mol. The maximum atomic E-state index is 14.4. The van der Waals surface area contributed by atoms with Crippen molar-refractivity contribution in [1.29, 1.82) is 0 Å². The number of carbonyl (C=O) groups is 1. The highest BCUT2D eigenvalue weighted by Gasteiger charge is 2.46. The Kier molecular flexibility index (Phi) is 9.31. The molecule has 0 spiro atoms. The summed E-state index contributed by atoms with van der Waals surface area (Å²) < 4.78 is 42.5. The summed E-state index contributed by atoms with van der Waals surface area (Å²) in [5.74, 6) is 0.225. The second-order valence-corrected chi connectivity index (χ2v) is 12.4. The number of hydrogen-bond donors (Lipinski definition) is 3. The number of amides is 1. The predicted molar refractivity (Wildman–Crippen MR) is 167 cm³/mol. The van der Waals surface area contributed by atoms with E-state index in [1.54, 1.807) is 85.5 Å². The van der Waals surface area contributed by atoms with E-state index in [4.69, 9.17) is 21.1 Å². The largest absolute Gasteiger partial charge is 0.476 e. The van der Waals surface area contributed by atoms with Gasteiger partial charge >= 0.3 is 0 Å². The lowest BCUT2D eigenvalue weighted by atomic mass is 10.0. The summed E-state index contributed by atoms with van der Waals surface area (Å²) in [5.41, 5.74) is 0.758. The molecule has 0 bridgehead atoms. The molecular weight excluding hydrogens is 592 g/mol. The van der Waals surface area contributed by atoms with Crippen LogP contribution in [0.15, 0.2) is 78.9 Å². The van der Waals surface area contributed by atoms with Gasteiger partial charge in [-0.25, -0.2) is 18.4 Å². The number of fused-ring (bicyclic) bond motifs is 1. The lowest BCUT2D eigenvalue weighted by Crippen LogP contribution is -2.64. The van der Waals surface area contributed by atoms with E-state index in [1.807, 2.05) is 12.1 Å². The number of aromatic nitrogens is 2. The number of sulfonamides is 1. The van der Waals surface area contributed by atoms with Gasteiger partial charge in [-0.05, 0) is 50.2 Å². The van der Waals surface area contributed by atoms with E-state index in [0.717, 1.165) is 0 Å². The van der Waals surface area contributed by atoms with Crippen LogP contribution in [0, 0.1) is 0 Å². The fraction of sp³-hybridized carbons (Fsp3) is 0.300. The van der Waals surface area contributed by atoms with Gasteiger partial charge in [0.15, 0.2) is 23.1 Å². The van der Waals surface area contributed by atoms with E-state index in [-0.39, 0.29) is 23.6 Å². The summed E-state index contributed by atoms with van der Waals surface area (Å²) in [6.45, 7) is 4.81. The van der Waals surface area contributed by atoms with Gasteiger partial charge in [-0.2, -0.15) is 0 Å². The number of rotatable bonds is 11. The van der Waals surface area contributed by atoms with Crippen molar-refractivity contribution in [2.24, 2.45) is 0 Å². The van der Waals surface area contributed by atoms with Crippen molar-refractivity contribution in [3.8, 4) is 5.75 Å². The molecule has 3 N–H and O–H groups in total. The summed E-state index contributed by atoms with van der Waals surface area (Å²) in [6, 6.07) is 22.8. The minimum absolute atomic E-state index is 0.0113. The predicted octanol–water partition coefficient (Wildman–Crippen LogP) is 4.56. The molecule has 4 aromatic rings. The van der Waals surface area contributed by atoms with E-state index < -0.39 is 20.9 Å². The van der Waals surface area contributed by atoms with Gasteiger partial charge in [0.05, 0.1) is 35.5 Å². The Labute approximate surface area is 255 Å². The number of morpholine rings is 1. The Morgan fingerprint density at radius 3 is 2.23 bits per heavy atom. The van der Waals surface area contributed by atoms with Gasteiger partial charge in [-0.3, -0.25) is 14.4 Å². The zero-order valence-corrected chi connectivity index (χ0v) is 25.4. The summed E-state index contributed by atoms with van der Waals surface area (Å²) in [4.78, 5) is 24.3. The highest BCUT2D eigenvalue weighted by atomic mass is 35.5. The van der Waals surface area contributed by atoms with E-state index >= 15 is 0 Å². The number of hydrogen-bond acceptors (Lipinski definition) is 9. The second-order valence-electron chi connectivity index (χ2n) is 10.5. The standard InChI is InChI=1S/C30H33ClN6O5S/c1-30(2,35-28(38)21-10-4-3-5-11-21)29(37-16-18-41-19-17-37)43(39,40)36-27-26(32-22-12-6-7-13-23(22)33-27)34-24-14-8-9-15-25(24)42-20-31/h3-15,29H,16-20H2,1-2H3,(H,32,34)(H,33,36)(H,35,38). The topological polar surface area (TPSA) is 135 Å². The first kappa shape index (κ1) is 30.5. The van der Waals surface area contributed by atoms with Crippen molar-refractivity contribution in [3.05, 3.63) is 84.4 Å². The lowest BCUT2D eigenvalue weighted by Gasteiger charge is -2.43. The van der Waals surface area contributed by atoms with Crippen LogP contribution in [0.3, 0.4) is 0 Å². The fourth-order valence-electron chi connectivity index (χ4n) is 5.10. The Balaban J connectivity index is 1.54. The molecule has 0 radical (unpaired) electrons. The van der Waals surface area contributed by atoms with Crippen LogP contribution >= 0.6 is 11.6 Å². The molecule has 11 nitrogen and oxygen atoms in total. The Hall–Kier alpha value is -3.97. The number of nitrogens with one attached hydrogen (secondary N) is 3. The molecule has 3 aromatic carbocycles. The summed E-state index contributed by atoms with van der Waals surface area (Å²) in [7, 11) is -4.25. The van der Waals surface area contributed by atoms with Crippen molar-refractivity contribution < 1.29 is 22.7 Å². The molecule has 5 rings (SSSR count). The first-order valence-electron chi connectivity index (χ1n) is 13.7. The molecule has 43 heavy (non-hydrogen) atoms. The molecule has 1 atom stereocenters. The average Bonchev–Trinajstić information content (AvgIpc) is 2.99. The van der Waals surface area contributed by atoms with E-state index in [1.165, 1.54) is 0 Å². The Bertz CT molecular complexity index is 1680. The molecule has 1 unspecified atom stereocenters. The number of halogens is 1. The van der Waals surface area contributed by atoms with Crippen LogP contribution < -0.4 is 20.1 Å². The summed E-state index contributed by atoms with van der Waals surface area (Å²) >= 11 is 5.82. The van der Waals surface area contributed by atoms with Gasteiger partial charge in [-0.15, -0.1) is 0 Å². The van der Waals surface area contributed by atoms with Crippen LogP contribution in [0.1, 0.15) is 24.2 Å². The number of nitrogens with zero attached hydrogens (tertiary/aromatic N) is 3. The molecule has 2 heterocycles. The second kappa shape index (κ2) is 13.1. The minimum Gasteiger partial charge on any atom is -0.476 e. The SMILES string of the molecule is CC(C)(NC(=O)c1ccccc1)C(N1CCOCC1)S(=O)(=O)Nc1nc2ccccc2nc1Nc1ccccc1OCCl. The summed E-state index contributed by atoms with van der Waals surface area (Å²) in [5, 5.41) is 4.92. The number of benzene rings is 3. The van der Waals surface area contributed by atoms with Crippen molar-refractivity contribution in [2.45, 2.75) is 24.8 Å².